The Labute approximate surface area is 126 Å². The van der Waals surface area contributed by atoms with Gasteiger partial charge in [0.25, 0.3) is 0 Å². The fraction of sp³-hybridized carbons (Fsp3) is 0.333. The van der Waals surface area contributed by atoms with Crippen molar-refractivity contribution in [3.63, 3.8) is 0 Å². The molecule has 0 aromatic heterocycles. The highest BCUT2D eigenvalue weighted by molar-refractivity contribution is 5.17. The summed E-state index contributed by atoms with van der Waals surface area (Å²) in [6, 6.07) is 19.7. The largest absolute Gasteiger partial charge is 0.391 e. The topological polar surface area (TPSA) is 72.3 Å². The smallest absolute Gasteiger partial charge is 0.0709 e. The van der Waals surface area contributed by atoms with Crippen molar-refractivity contribution in [2.45, 2.75) is 37.5 Å². The highest BCUT2D eigenvalue weighted by Gasteiger charge is 2.18. The molecule has 0 saturated carbocycles. The summed E-state index contributed by atoms with van der Waals surface area (Å²) in [5, 5.41) is 10.2. The van der Waals surface area contributed by atoms with Gasteiger partial charge < -0.3 is 16.6 Å². The summed E-state index contributed by atoms with van der Waals surface area (Å²) in [5.74, 6) is 0. The molecule has 0 heterocycles. The van der Waals surface area contributed by atoms with Crippen molar-refractivity contribution in [1.29, 1.82) is 0 Å². The molecule has 0 spiro atoms. The SMILES string of the molecule is N[C@H](Cc1ccccc1)C[C@@H](O)[C@H](N)Cc1ccccc1. The third-order valence-electron chi connectivity index (χ3n) is 3.69. The van der Waals surface area contributed by atoms with Crippen LogP contribution in [0.1, 0.15) is 17.5 Å². The summed E-state index contributed by atoms with van der Waals surface area (Å²) in [4.78, 5) is 0. The standard InChI is InChI=1S/C18H24N2O/c19-16(11-14-7-3-1-4-8-14)13-18(21)17(20)12-15-9-5-2-6-10-15/h1-10,16-18,21H,11-13,19-20H2/t16-,17-,18-/m1/s1. The van der Waals surface area contributed by atoms with Gasteiger partial charge >= 0.3 is 0 Å². The van der Waals surface area contributed by atoms with Crippen LogP contribution >= 0.6 is 0 Å². The van der Waals surface area contributed by atoms with Crippen molar-refractivity contribution in [2.24, 2.45) is 11.5 Å². The zero-order valence-electron chi connectivity index (χ0n) is 12.2. The Kier molecular flexibility index (Phi) is 5.93. The lowest BCUT2D eigenvalue weighted by atomic mass is 9.95. The van der Waals surface area contributed by atoms with Crippen LogP contribution < -0.4 is 11.5 Å². The second kappa shape index (κ2) is 7.93. The number of rotatable bonds is 7. The van der Waals surface area contributed by atoms with E-state index in [9.17, 15) is 5.11 Å². The molecule has 5 N–H and O–H groups in total. The van der Waals surface area contributed by atoms with Gasteiger partial charge in [0, 0.05) is 12.1 Å². The molecule has 0 amide bonds. The summed E-state index contributed by atoms with van der Waals surface area (Å²) >= 11 is 0. The molecule has 2 rings (SSSR count). The predicted octanol–water partition coefficient (Wildman–Crippen LogP) is 1.88. The molecule has 0 aliphatic heterocycles. The number of nitrogens with two attached hydrogens (primary N) is 2. The van der Waals surface area contributed by atoms with E-state index in [0.717, 1.165) is 12.0 Å². The van der Waals surface area contributed by atoms with Gasteiger partial charge in [-0.3, -0.25) is 0 Å². The average Bonchev–Trinajstić information content (AvgIpc) is 2.49. The number of aliphatic hydroxyl groups is 1. The van der Waals surface area contributed by atoms with E-state index in [1.54, 1.807) is 0 Å². The fourth-order valence-corrected chi connectivity index (χ4v) is 2.51. The van der Waals surface area contributed by atoms with Gasteiger partial charge in [-0.15, -0.1) is 0 Å². The van der Waals surface area contributed by atoms with Crippen molar-refractivity contribution >= 4 is 0 Å². The van der Waals surface area contributed by atoms with Crippen LogP contribution in [0.2, 0.25) is 0 Å². The van der Waals surface area contributed by atoms with E-state index in [2.05, 4.69) is 12.1 Å². The fourth-order valence-electron chi connectivity index (χ4n) is 2.51. The van der Waals surface area contributed by atoms with Crippen molar-refractivity contribution in [2.75, 3.05) is 0 Å². The van der Waals surface area contributed by atoms with Gasteiger partial charge in [0.05, 0.1) is 6.10 Å². The number of hydrogen-bond acceptors (Lipinski definition) is 3. The monoisotopic (exact) mass is 284 g/mol. The van der Waals surface area contributed by atoms with Crippen LogP contribution in [0.25, 0.3) is 0 Å². The first-order valence-electron chi connectivity index (χ1n) is 7.42. The molecule has 0 bridgehead atoms. The molecule has 112 valence electrons. The van der Waals surface area contributed by atoms with E-state index in [0.29, 0.717) is 12.8 Å². The molecular formula is C18H24N2O. The van der Waals surface area contributed by atoms with Crippen LogP contribution in [0, 0.1) is 0 Å². The molecule has 2 aromatic carbocycles. The molecule has 2 aromatic rings. The quantitative estimate of drug-likeness (QED) is 0.727. The molecule has 3 nitrogen and oxygen atoms in total. The Morgan fingerprint density at radius 3 is 1.76 bits per heavy atom. The molecule has 0 radical (unpaired) electrons. The van der Waals surface area contributed by atoms with Gasteiger partial charge in [-0.05, 0) is 30.4 Å². The highest BCUT2D eigenvalue weighted by Crippen LogP contribution is 2.10. The Morgan fingerprint density at radius 2 is 1.24 bits per heavy atom. The lowest BCUT2D eigenvalue weighted by Gasteiger charge is -2.22. The minimum Gasteiger partial charge on any atom is -0.391 e. The molecular weight excluding hydrogens is 260 g/mol. The molecule has 0 aliphatic carbocycles. The summed E-state index contributed by atoms with van der Waals surface area (Å²) in [6.07, 6.45) is 1.36. The first kappa shape index (κ1) is 15.7. The normalized spacial score (nSPS) is 15.4. The maximum Gasteiger partial charge on any atom is 0.0709 e. The zero-order valence-corrected chi connectivity index (χ0v) is 12.2. The molecule has 0 fully saturated rings. The maximum atomic E-state index is 10.2. The Bertz CT molecular complexity index is 515. The van der Waals surface area contributed by atoms with Crippen molar-refractivity contribution in [1.82, 2.24) is 0 Å². The van der Waals surface area contributed by atoms with Gasteiger partial charge in [0.15, 0.2) is 0 Å². The van der Waals surface area contributed by atoms with E-state index in [1.807, 2.05) is 48.5 Å². The minimum atomic E-state index is -0.580. The third-order valence-corrected chi connectivity index (χ3v) is 3.69. The van der Waals surface area contributed by atoms with Crippen LogP contribution in [0.15, 0.2) is 60.7 Å². The molecule has 21 heavy (non-hydrogen) atoms. The van der Waals surface area contributed by atoms with Crippen LogP contribution in [0.4, 0.5) is 0 Å². The van der Waals surface area contributed by atoms with Gasteiger partial charge in [-0.1, -0.05) is 60.7 Å². The molecule has 3 heteroatoms. The molecule has 0 saturated heterocycles. The van der Waals surface area contributed by atoms with Crippen LogP contribution in [-0.4, -0.2) is 23.3 Å². The van der Waals surface area contributed by atoms with Gasteiger partial charge in [0.1, 0.15) is 0 Å². The Hall–Kier alpha value is -1.68. The number of benzene rings is 2. The summed E-state index contributed by atoms with van der Waals surface area (Å²) in [7, 11) is 0. The predicted molar refractivity (Wildman–Crippen MR) is 86.9 cm³/mol. The van der Waals surface area contributed by atoms with Crippen LogP contribution in [-0.2, 0) is 12.8 Å². The van der Waals surface area contributed by atoms with Gasteiger partial charge in [-0.2, -0.15) is 0 Å². The van der Waals surface area contributed by atoms with Crippen molar-refractivity contribution < 1.29 is 5.11 Å². The highest BCUT2D eigenvalue weighted by atomic mass is 16.3. The third kappa shape index (κ3) is 5.31. The maximum absolute atomic E-state index is 10.2. The van der Waals surface area contributed by atoms with E-state index in [4.69, 9.17) is 11.5 Å². The summed E-state index contributed by atoms with van der Waals surface area (Å²) in [6.45, 7) is 0. The second-order valence-corrected chi connectivity index (χ2v) is 5.61. The van der Waals surface area contributed by atoms with Gasteiger partial charge in [-0.25, -0.2) is 0 Å². The van der Waals surface area contributed by atoms with Crippen LogP contribution in [0.3, 0.4) is 0 Å². The number of hydrogen-bond donors (Lipinski definition) is 3. The van der Waals surface area contributed by atoms with Crippen molar-refractivity contribution in [3.05, 3.63) is 71.8 Å². The minimum absolute atomic E-state index is 0.0794. The van der Waals surface area contributed by atoms with Crippen LogP contribution in [0.5, 0.6) is 0 Å². The van der Waals surface area contributed by atoms with E-state index in [1.165, 1.54) is 5.56 Å². The number of aliphatic hydroxyl groups excluding tert-OH is 1. The molecule has 0 unspecified atom stereocenters. The van der Waals surface area contributed by atoms with Crippen molar-refractivity contribution in [3.8, 4) is 0 Å². The lowest BCUT2D eigenvalue weighted by molar-refractivity contribution is 0.126. The first-order valence-corrected chi connectivity index (χ1v) is 7.42. The zero-order chi connectivity index (χ0) is 15.1. The second-order valence-electron chi connectivity index (χ2n) is 5.61. The molecule has 0 aliphatic rings. The van der Waals surface area contributed by atoms with E-state index < -0.39 is 6.10 Å². The first-order chi connectivity index (χ1) is 10.1. The summed E-state index contributed by atoms with van der Waals surface area (Å²) < 4.78 is 0. The Morgan fingerprint density at radius 1 is 0.762 bits per heavy atom. The molecule has 3 atom stereocenters. The van der Waals surface area contributed by atoms with E-state index >= 15 is 0 Å². The summed E-state index contributed by atoms with van der Waals surface area (Å²) in [5.41, 5.74) is 14.5. The average molecular weight is 284 g/mol. The lowest BCUT2D eigenvalue weighted by Crippen LogP contribution is -2.41. The van der Waals surface area contributed by atoms with E-state index in [-0.39, 0.29) is 12.1 Å². The Balaban J connectivity index is 1.81. The van der Waals surface area contributed by atoms with Gasteiger partial charge in [0.2, 0.25) is 0 Å².